The molecule has 1 aliphatic heterocycles. The fourth-order valence-electron chi connectivity index (χ4n) is 4.82. The number of halogens is 5. The summed E-state index contributed by atoms with van der Waals surface area (Å²) in [6.45, 7) is 9.57. The van der Waals surface area contributed by atoms with E-state index in [1.54, 1.807) is 0 Å². The van der Waals surface area contributed by atoms with Gasteiger partial charge >= 0.3 is 13.1 Å². The van der Waals surface area contributed by atoms with Crippen LogP contribution >= 0.6 is 15.9 Å². The lowest BCUT2D eigenvalue weighted by atomic mass is 9.93. The summed E-state index contributed by atoms with van der Waals surface area (Å²) in [6.07, 6.45) is 3.34. The summed E-state index contributed by atoms with van der Waals surface area (Å²) in [6, 6.07) is 13.4. The van der Waals surface area contributed by atoms with Gasteiger partial charge in [0.25, 0.3) is 0 Å². The molecule has 0 amide bonds. The van der Waals surface area contributed by atoms with Crippen molar-refractivity contribution in [3.8, 4) is 5.69 Å². The molecule has 2 aromatic carbocycles. The average molecular weight is 540 g/mol. The third-order valence-electron chi connectivity index (χ3n) is 6.25. The minimum absolute atomic E-state index is 0.180. The van der Waals surface area contributed by atoms with E-state index in [1.807, 2.05) is 0 Å². The van der Waals surface area contributed by atoms with Gasteiger partial charge in [0.15, 0.2) is 0 Å². The predicted octanol–water partition coefficient (Wildman–Crippen LogP) is 6.51. The molecular formula is C24H27BBrF4N3O. The molecule has 0 N–H and O–H groups in total. The van der Waals surface area contributed by atoms with E-state index in [-0.39, 0.29) is 12.1 Å². The third kappa shape index (κ3) is 5.08. The van der Waals surface area contributed by atoms with Crippen LogP contribution in [-0.2, 0) is 17.8 Å². The summed E-state index contributed by atoms with van der Waals surface area (Å²) in [7, 11) is -6.00. The molecule has 0 spiro atoms. The molecule has 1 aliphatic carbocycles. The Kier molecular flexibility index (Phi) is 6.93. The zero-order valence-corrected chi connectivity index (χ0v) is 21.1. The molecule has 0 fully saturated rings. The lowest BCUT2D eigenvalue weighted by molar-refractivity contribution is -0.739. The first-order valence-corrected chi connectivity index (χ1v) is 12.1. The molecule has 182 valence electrons. The van der Waals surface area contributed by atoms with E-state index in [9.17, 15) is 17.3 Å². The standard InChI is InChI=1S/C24H27BrN3O.BF4/c1-14(2)18-6-5-7-19(15(3)4)23(18)28-13-27-22(26-28)12-29-21-10-16-8-9-17(25)11-20(16)24(21)27;2-1(3,4)5/h5-9,11,13-15,21,24H,10,12H2,1-4H3;/q+1;-1/t21-,24+;/m1./s1. The molecule has 2 heterocycles. The zero-order valence-electron chi connectivity index (χ0n) is 19.5. The second-order valence-electron chi connectivity index (χ2n) is 9.31. The molecular weight excluding hydrogens is 513 g/mol. The van der Waals surface area contributed by atoms with E-state index >= 15 is 0 Å². The van der Waals surface area contributed by atoms with Crippen LogP contribution in [0.5, 0.6) is 0 Å². The fraction of sp³-hybridized carbons (Fsp3) is 0.417. The van der Waals surface area contributed by atoms with Crippen LogP contribution in [0.2, 0.25) is 0 Å². The SMILES string of the molecule is CC(C)c1cccc(C(C)C)c1-n1c[n+]2c(n1)CO[C@@H]1Cc3ccc(Br)cc3[C@@H]12.F[B-](F)(F)F. The Balaban J connectivity index is 0.000000499. The summed E-state index contributed by atoms with van der Waals surface area (Å²) < 4.78 is 50.8. The van der Waals surface area contributed by atoms with Gasteiger partial charge in [0.1, 0.15) is 24.4 Å². The molecule has 4 nitrogen and oxygen atoms in total. The zero-order chi connectivity index (χ0) is 24.8. The number of hydrogen-bond donors (Lipinski definition) is 0. The van der Waals surface area contributed by atoms with Crippen molar-refractivity contribution in [2.24, 2.45) is 0 Å². The van der Waals surface area contributed by atoms with E-state index in [2.05, 4.69) is 95.6 Å². The highest BCUT2D eigenvalue weighted by Gasteiger charge is 2.43. The summed E-state index contributed by atoms with van der Waals surface area (Å²) in [5.41, 5.74) is 6.62. The van der Waals surface area contributed by atoms with Gasteiger partial charge in [-0.15, -0.1) is 0 Å². The predicted molar refractivity (Wildman–Crippen MR) is 127 cm³/mol. The largest absolute Gasteiger partial charge is 0.673 e. The van der Waals surface area contributed by atoms with Gasteiger partial charge < -0.3 is 22.0 Å². The van der Waals surface area contributed by atoms with Crippen LogP contribution in [0.1, 0.15) is 73.7 Å². The van der Waals surface area contributed by atoms with Crippen molar-refractivity contribution in [2.75, 3.05) is 0 Å². The number of fused-ring (bicyclic) bond motifs is 5. The molecule has 2 atom stereocenters. The second kappa shape index (κ2) is 9.45. The molecule has 0 radical (unpaired) electrons. The van der Waals surface area contributed by atoms with Crippen molar-refractivity contribution < 1.29 is 26.6 Å². The molecule has 34 heavy (non-hydrogen) atoms. The highest BCUT2D eigenvalue weighted by atomic mass is 79.9. The molecule has 0 saturated heterocycles. The topological polar surface area (TPSA) is 30.9 Å². The highest BCUT2D eigenvalue weighted by Crippen LogP contribution is 2.38. The Hall–Kier alpha value is -2.20. The Morgan fingerprint density at radius 2 is 1.68 bits per heavy atom. The Morgan fingerprint density at radius 3 is 2.26 bits per heavy atom. The van der Waals surface area contributed by atoms with Crippen LogP contribution in [0.4, 0.5) is 17.3 Å². The Morgan fingerprint density at radius 1 is 1.06 bits per heavy atom. The van der Waals surface area contributed by atoms with Crippen molar-refractivity contribution in [1.29, 1.82) is 0 Å². The monoisotopic (exact) mass is 539 g/mol. The third-order valence-corrected chi connectivity index (χ3v) is 6.75. The van der Waals surface area contributed by atoms with Crippen molar-refractivity contribution in [3.05, 3.63) is 75.3 Å². The Labute approximate surface area is 205 Å². The van der Waals surface area contributed by atoms with E-state index in [0.29, 0.717) is 18.4 Å². The van der Waals surface area contributed by atoms with Crippen molar-refractivity contribution in [3.63, 3.8) is 0 Å². The lowest BCUT2D eigenvalue weighted by Crippen LogP contribution is -2.51. The minimum Gasteiger partial charge on any atom is -0.418 e. The smallest absolute Gasteiger partial charge is 0.418 e. The molecule has 3 aromatic rings. The van der Waals surface area contributed by atoms with Crippen LogP contribution in [-0.4, -0.2) is 23.1 Å². The van der Waals surface area contributed by atoms with Gasteiger partial charge in [0.05, 0.1) is 0 Å². The lowest BCUT2D eigenvalue weighted by Gasteiger charge is -2.23. The van der Waals surface area contributed by atoms with E-state index in [1.165, 1.54) is 27.9 Å². The van der Waals surface area contributed by atoms with Crippen LogP contribution < -0.4 is 4.57 Å². The quantitative estimate of drug-likeness (QED) is 0.216. The van der Waals surface area contributed by atoms with Gasteiger partial charge in [-0.2, -0.15) is 0 Å². The van der Waals surface area contributed by atoms with Gasteiger partial charge in [0.2, 0.25) is 6.33 Å². The molecule has 10 heteroatoms. The molecule has 0 unspecified atom stereocenters. The number of para-hydroxylation sites is 1. The molecule has 0 saturated carbocycles. The maximum Gasteiger partial charge on any atom is 0.673 e. The van der Waals surface area contributed by atoms with Crippen LogP contribution in [0.25, 0.3) is 5.69 Å². The van der Waals surface area contributed by atoms with Gasteiger partial charge in [0, 0.05) is 16.0 Å². The highest BCUT2D eigenvalue weighted by molar-refractivity contribution is 9.10. The summed E-state index contributed by atoms with van der Waals surface area (Å²) >= 11 is 3.64. The molecule has 5 rings (SSSR count). The van der Waals surface area contributed by atoms with Crippen molar-refractivity contribution >= 4 is 23.2 Å². The molecule has 2 aliphatic rings. The fourth-order valence-corrected chi connectivity index (χ4v) is 5.20. The number of hydrogen-bond acceptors (Lipinski definition) is 2. The maximum atomic E-state index is 9.75. The average Bonchev–Trinajstić information content (AvgIpc) is 3.32. The number of ether oxygens (including phenoxy) is 1. The van der Waals surface area contributed by atoms with Crippen LogP contribution in [0.3, 0.4) is 0 Å². The van der Waals surface area contributed by atoms with Gasteiger partial charge in [-0.05, 0) is 46.2 Å². The number of benzene rings is 2. The summed E-state index contributed by atoms with van der Waals surface area (Å²) in [5.74, 6) is 1.86. The Bertz CT molecular complexity index is 1160. The summed E-state index contributed by atoms with van der Waals surface area (Å²) in [4.78, 5) is 0. The first-order chi connectivity index (χ1) is 15.9. The number of nitrogens with zero attached hydrogens (tertiary/aromatic N) is 3. The minimum atomic E-state index is -6.00. The van der Waals surface area contributed by atoms with Gasteiger partial charge in [-0.25, -0.2) is 4.57 Å². The van der Waals surface area contributed by atoms with Crippen molar-refractivity contribution in [2.45, 2.75) is 64.7 Å². The van der Waals surface area contributed by atoms with Crippen molar-refractivity contribution in [1.82, 2.24) is 9.78 Å². The first kappa shape index (κ1) is 24.9. The normalized spacial score (nSPS) is 18.9. The molecule has 0 bridgehead atoms. The first-order valence-electron chi connectivity index (χ1n) is 11.3. The number of rotatable bonds is 3. The van der Waals surface area contributed by atoms with Gasteiger partial charge in [-0.3, -0.25) is 0 Å². The van der Waals surface area contributed by atoms with E-state index in [4.69, 9.17) is 9.84 Å². The van der Waals surface area contributed by atoms with E-state index < -0.39 is 7.25 Å². The van der Waals surface area contributed by atoms with E-state index in [0.717, 1.165) is 16.7 Å². The maximum absolute atomic E-state index is 9.75. The van der Waals surface area contributed by atoms with Gasteiger partial charge in [-0.1, -0.05) is 72.6 Å². The second-order valence-corrected chi connectivity index (χ2v) is 10.2. The summed E-state index contributed by atoms with van der Waals surface area (Å²) in [5, 5.41) is 5.01. The molecule has 1 aromatic heterocycles. The van der Waals surface area contributed by atoms with Crippen LogP contribution in [0.15, 0.2) is 47.2 Å². The van der Waals surface area contributed by atoms with Crippen LogP contribution in [0, 0.1) is 0 Å². The number of aromatic nitrogens is 3.